The topological polar surface area (TPSA) is 72.2 Å². The summed E-state index contributed by atoms with van der Waals surface area (Å²) in [5, 5.41) is 0. The van der Waals surface area contributed by atoms with E-state index in [0.717, 1.165) is 12.0 Å². The monoisotopic (exact) mass is 282 g/mol. The number of nitrogen functional groups attached to an aromatic ring is 1. The Morgan fingerprint density at radius 1 is 1.42 bits per heavy atom. The Kier molecular flexibility index (Phi) is 4.16. The number of rotatable bonds is 6. The normalized spacial score (nSPS) is 17.4. The van der Waals surface area contributed by atoms with E-state index in [1.807, 2.05) is 6.92 Å². The standard InChI is InChI=1S/C14H22N2O2S/c1-3-11-6-7-13(8-14(11)15)19(17,18)16-9-10(2)12-4-5-12/h6-8,10,12,16H,3-5,9,15H2,1-2H3. The molecule has 0 bridgehead atoms. The molecule has 1 atom stereocenters. The minimum Gasteiger partial charge on any atom is -0.398 e. The molecule has 1 unspecified atom stereocenters. The summed E-state index contributed by atoms with van der Waals surface area (Å²) in [5.41, 5.74) is 7.37. The van der Waals surface area contributed by atoms with Crippen molar-refractivity contribution in [1.29, 1.82) is 0 Å². The summed E-state index contributed by atoms with van der Waals surface area (Å²) in [6.07, 6.45) is 3.25. The maximum Gasteiger partial charge on any atom is 0.240 e. The van der Waals surface area contributed by atoms with Gasteiger partial charge in [0, 0.05) is 12.2 Å². The molecule has 1 fully saturated rings. The van der Waals surface area contributed by atoms with Crippen LogP contribution in [0.4, 0.5) is 5.69 Å². The summed E-state index contributed by atoms with van der Waals surface area (Å²) in [6, 6.07) is 4.95. The molecular weight excluding hydrogens is 260 g/mol. The molecule has 106 valence electrons. The number of nitrogens with one attached hydrogen (secondary N) is 1. The molecule has 1 aromatic carbocycles. The van der Waals surface area contributed by atoms with Gasteiger partial charge < -0.3 is 5.73 Å². The molecule has 19 heavy (non-hydrogen) atoms. The first kappa shape index (κ1) is 14.3. The average molecular weight is 282 g/mol. The highest BCUT2D eigenvalue weighted by atomic mass is 32.2. The van der Waals surface area contributed by atoms with Crippen molar-refractivity contribution in [2.45, 2.75) is 38.0 Å². The van der Waals surface area contributed by atoms with Gasteiger partial charge in [-0.25, -0.2) is 13.1 Å². The zero-order chi connectivity index (χ0) is 14.0. The summed E-state index contributed by atoms with van der Waals surface area (Å²) in [7, 11) is -3.44. The van der Waals surface area contributed by atoms with E-state index in [-0.39, 0.29) is 4.90 Å². The Balaban J connectivity index is 2.07. The predicted octanol–water partition coefficient (Wildman–Crippen LogP) is 2.16. The first-order valence-corrected chi connectivity index (χ1v) is 8.30. The Labute approximate surface area is 115 Å². The molecule has 5 heteroatoms. The van der Waals surface area contributed by atoms with Gasteiger partial charge >= 0.3 is 0 Å². The summed E-state index contributed by atoms with van der Waals surface area (Å²) < 4.78 is 27.0. The second-order valence-corrected chi connectivity index (χ2v) is 7.15. The third-order valence-electron chi connectivity index (χ3n) is 3.83. The van der Waals surface area contributed by atoms with Crippen LogP contribution in [0.3, 0.4) is 0 Å². The van der Waals surface area contributed by atoms with Gasteiger partial charge in [-0.05, 0) is 48.8 Å². The van der Waals surface area contributed by atoms with E-state index in [2.05, 4.69) is 11.6 Å². The molecule has 4 nitrogen and oxygen atoms in total. The van der Waals surface area contributed by atoms with Gasteiger partial charge in [0.25, 0.3) is 0 Å². The third-order valence-corrected chi connectivity index (χ3v) is 5.25. The Morgan fingerprint density at radius 2 is 2.11 bits per heavy atom. The van der Waals surface area contributed by atoms with Crippen molar-refractivity contribution in [1.82, 2.24) is 4.72 Å². The maximum atomic E-state index is 12.2. The Morgan fingerprint density at radius 3 is 2.63 bits per heavy atom. The van der Waals surface area contributed by atoms with Gasteiger partial charge in [-0.15, -0.1) is 0 Å². The van der Waals surface area contributed by atoms with Crippen molar-refractivity contribution in [3.8, 4) is 0 Å². The zero-order valence-electron chi connectivity index (χ0n) is 11.5. The lowest BCUT2D eigenvalue weighted by molar-refractivity contribution is 0.492. The molecule has 0 amide bonds. The van der Waals surface area contributed by atoms with Gasteiger partial charge in [0.15, 0.2) is 0 Å². The smallest absolute Gasteiger partial charge is 0.240 e. The molecule has 3 N–H and O–H groups in total. The van der Waals surface area contributed by atoms with Crippen molar-refractivity contribution in [3.05, 3.63) is 23.8 Å². The van der Waals surface area contributed by atoms with Crippen molar-refractivity contribution >= 4 is 15.7 Å². The average Bonchev–Trinajstić information content (AvgIpc) is 3.20. The minimum absolute atomic E-state index is 0.255. The Bertz CT molecular complexity index is 551. The van der Waals surface area contributed by atoms with E-state index in [4.69, 9.17) is 5.73 Å². The van der Waals surface area contributed by atoms with Crippen LogP contribution in [0.1, 0.15) is 32.3 Å². The van der Waals surface area contributed by atoms with Crippen molar-refractivity contribution < 1.29 is 8.42 Å². The van der Waals surface area contributed by atoms with E-state index in [0.29, 0.717) is 24.1 Å². The van der Waals surface area contributed by atoms with Gasteiger partial charge in [0.05, 0.1) is 4.90 Å². The molecule has 1 aliphatic carbocycles. The van der Waals surface area contributed by atoms with Crippen LogP contribution in [-0.2, 0) is 16.4 Å². The van der Waals surface area contributed by atoms with Crippen LogP contribution in [0.2, 0.25) is 0 Å². The molecule has 0 spiro atoms. The van der Waals surface area contributed by atoms with Crippen LogP contribution < -0.4 is 10.5 Å². The minimum atomic E-state index is -3.44. The Hall–Kier alpha value is -1.07. The lowest BCUT2D eigenvalue weighted by Crippen LogP contribution is -2.29. The highest BCUT2D eigenvalue weighted by Crippen LogP contribution is 2.36. The van der Waals surface area contributed by atoms with Crippen LogP contribution >= 0.6 is 0 Å². The molecular formula is C14H22N2O2S. The summed E-state index contributed by atoms with van der Waals surface area (Å²) in [4.78, 5) is 0.255. The molecule has 2 rings (SSSR count). The second kappa shape index (κ2) is 5.51. The number of aryl methyl sites for hydroxylation is 1. The summed E-state index contributed by atoms with van der Waals surface area (Å²) in [6.45, 7) is 4.59. The van der Waals surface area contributed by atoms with Crippen LogP contribution in [-0.4, -0.2) is 15.0 Å². The fraction of sp³-hybridized carbons (Fsp3) is 0.571. The molecule has 0 aliphatic heterocycles. The fourth-order valence-electron chi connectivity index (χ4n) is 2.22. The highest BCUT2D eigenvalue weighted by molar-refractivity contribution is 7.89. The number of benzene rings is 1. The number of hydrogen-bond acceptors (Lipinski definition) is 3. The van der Waals surface area contributed by atoms with Gasteiger partial charge in [-0.1, -0.05) is 19.9 Å². The van der Waals surface area contributed by atoms with E-state index >= 15 is 0 Å². The lowest BCUT2D eigenvalue weighted by Gasteiger charge is -2.13. The van der Waals surface area contributed by atoms with E-state index < -0.39 is 10.0 Å². The number of nitrogens with two attached hydrogens (primary N) is 1. The summed E-state index contributed by atoms with van der Waals surface area (Å²) >= 11 is 0. The van der Waals surface area contributed by atoms with Gasteiger partial charge in [-0.3, -0.25) is 0 Å². The second-order valence-electron chi connectivity index (χ2n) is 5.38. The van der Waals surface area contributed by atoms with Crippen LogP contribution in [0.25, 0.3) is 0 Å². The maximum absolute atomic E-state index is 12.2. The van der Waals surface area contributed by atoms with Crippen molar-refractivity contribution in [3.63, 3.8) is 0 Å². The molecule has 0 heterocycles. The van der Waals surface area contributed by atoms with Crippen LogP contribution in [0.15, 0.2) is 23.1 Å². The van der Waals surface area contributed by atoms with Crippen LogP contribution in [0.5, 0.6) is 0 Å². The molecule has 0 aromatic heterocycles. The molecule has 1 saturated carbocycles. The first-order valence-electron chi connectivity index (χ1n) is 6.82. The SMILES string of the molecule is CCc1ccc(S(=O)(=O)NCC(C)C2CC2)cc1N. The molecule has 0 saturated heterocycles. The fourth-order valence-corrected chi connectivity index (χ4v) is 3.40. The largest absolute Gasteiger partial charge is 0.398 e. The van der Waals surface area contributed by atoms with E-state index in [9.17, 15) is 8.42 Å². The summed E-state index contributed by atoms with van der Waals surface area (Å²) in [5.74, 6) is 1.09. The quantitative estimate of drug-likeness (QED) is 0.785. The van der Waals surface area contributed by atoms with Crippen molar-refractivity contribution in [2.24, 2.45) is 11.8 Å². The van der Waals surface area contributed by atoms with Gasteiger partial charge in [0.2, 0.25) is 10.0 Å². The molecule has 0 radical (unpaired) electrons. The van der Waals surface area contributed by atoms with Crippen LogP contribution in [0, 0.1) is 11.8 Å². The van der Waals surface area contributed by atoms with Gasteiger partial charge in [-0.2, -0.15) is 0 Å². The zero-order valence-corrected chi connectivity index (χ0v) is 12.3. The van der Waals surface area contributed by atoms with Gasteiger partial charge in [0.1, 0.15) is 0 Å². The third kappa shape index (κ3) is 3.48. The molecule has 1 aliphatic rings. The van der Waals surface area contributed by atoms with E-state index in [1.54, 1.807) is 18.2 Å². The number of hydrogen-bond donors (Lipinski definition) is 2. The first-order chi connectivity index (χ1) is 8.94. The van der Waals surface area contributed by atoms with E-state index in [1.165, 1.54) is 12.8 Å². The lowest BCUT2D eigenvalue weighted by atomic mass is 10.1. The number of anilines is 1. The molecule has 1 aromatic rings. The van der Waals surface area contributed by atoms with Crippen molar-refractivity contribution in [2.75, 3.05) is 12.3 Å². The number of sulfonamides is 1. The predicted molar refractivity (Wildman–Crippen MR) is 77.3 cm³/mol. The highest BCUT2D eigenvalue weighted by Gasteiger charge is 2.28.